The van der Waals surface area contributed by atoms with Gasteiger partial charge >= 0.3 is 6.03 Å². The van der Waals surface area contributed by atoms with Crippen LogP contribution in [0, 0.1) is 0 Å². The first kappa shape index (κ1) is 20.2. The Hall–Kier alpha value is -3.11. The number of carbonyl (C=O) groups excluding carboxylic acids is 2. The highest BCUT2D eigenvalue weighted by atomic mass is 32.2. The van der Waals surface area contributed by atoms with Gasteiger partial charge < -0.3 is 21.1 Å². The zero-order chi connectivity index (χ0) is 20.0. The molecule has 10 heteroatoms. The van der Waals surface area contributed by atoms with Gasteiger partial charge in [0.05, 0.1) is 18.0 Å². The van der Waals surface area contributed by atoms with E-state index in [4.69, 9.17) is 10.5 Å². The maximum atomic E-state index is 12.4. The van der Waals surface area contributed by atoms with Gasteiger partial charge in [0.25, 0.3) is 0 Å². The number of anilines is 2. The van der Waals surface area contributed by atoms with Gasteiger partial charge in [-0.15, -0.1) is 0 Å². The van der Waals surface area contributed by atoms with Crippen molar-refractivity contribution in [1.29, 1.82) is 0 Å². The summed E-state index contributed by atoms with van der Waals surface area (Å²) in [6, 6.07) is 10.3. The molecule has 144 valence electrons. The third kappa shape index (κ3) is 5.69. The van der Waals surface area contributed by atoms with Crippen molar-refractivity contribution in [2.45, 2.75) is 17.9 Å². The first-order chi connectivity index (χ1) is 12.7. The lowest BCUT2D eigenvalue weighted by atomic mass is 10.2. The first-order valence-electron chi connectivity index (χ1n) is 7.85. The second-order valence-corrected chi connectivity index (χ2v) is 7.29. The Bertz CT molecular complexity index is 929. The van der Waals surface area contributed by atoms with Gasteiger partial charge in [0.2, 0.25) is 15.9 Å². The third-order valence-electron chi connectivity index (χ3n) is 3.49. The van der Waals surface area contributed by atoms with E-state index in [1.165, 1.54) is 44.4 Å². The summed E-state index contributed by atoms with van der Waals surface area (Å²) in [4.78, 5) is 23.2. The summed E-state index contributed by atoms with van der Waals surface area (Å²) >= 11 is 0. The molecular weight excluding hydrogens is 372 g/mol. The van der Waals surface area contributed by atoms with E-state index in [0.29, 0.717) is 17.1 Å². The van der Waals surface area contributed by atoms with Crippen LogP contribution in [-0.4, -0.2) is 33.5 Å². The maximum Gasteiger partial charge on any atom is 0.316 e. The second-order valence-electron chi connectivity index (χ2n) is 5.58. The average molecular weight is 392 g/mol. The molecule has 0 bridgehead atoms. The van der Waals surface area contributed by atoms with Gasteiger partial charge in [-0.25, -0.2) is 13.2 Å². The summed E-state index contributed by atoms with van der Waals surface area (Å²) in [7, 11) is -2.41. The van der Waals surface area contributed by atoms with Crippen LogP contribution in [0.25, 0.3) is 0 Å². The summed E-state index contributed by atoms with van der Waals surface area (Å²) in [5.74, 6) is -0.0486. The van der Waals surface area contributed by atoms with Crippen LogP contribution in [0.2, 0.25) is 0 Å². The van der Waals surface area contributed by atoms with Crippen LogP contribution in [0.3, 0.4) is 0 Å². The number of rotatable bonds is 7. The minimum atomic E-state index is -3.89. The Morgan fingerprint density at radius 3 is 2.19 bits per heavy atom. The number of ether oxygens (including phenoxy) is 1. The quantitative estimate of drug-likeness (QED) is 0.565. The van der Waals surface area contributed by atoms with Crippen molar-refractivity contribution in [2.24, 2.45) is 5.73 Å². The van der Waals surface area contributed by atoms with Crippen LogP contribution < -0.4 is 25.8 Å². The van der Waals surface area contributed by atoms with Crippen molar-refractivity contribution in [3.8, 4) is 5.75 Å². The van der Waals surface area contributed by atoms with Gasteiger partial charge in [-0.1, -0.05) is 6.07 Å². The van der Waals surface area contributed by atoms with Crippen molar-refractivity contribution < 1.29 is 22.7 Å². The van der Waals surface area contributed by atoms with Crippen LogP contribution in [-0.2, 0) is 14.8 Å². The van der Waals surface area contributed by atoms with Crippen molar-refractivity contribution in [3.05, 3.63) is 48.5 Å². The predicted molar refractivity (Wildman–Crippen MR) is 101 cm³/mol. The van der Waals surface area contributed by atoms with Gasteiger partial charge in [0.15, 0.2) is 0 Å². The van der Waals surface area contributed by atoms with E-state index in [1.807, 2.05) is 0 Å². The minimum absolute atomic E-state index is 0.00982. The van der Waals surface area contributed by atoms with Gasteiger partial charge in [-0.3, -0.25) is 4.79 Å². The molecule has 2 aromatic rings. The van der Waals surface area contributed by atoms with Crippen molar-refractivity contribution in [3.63, 3.8) is 0 Å². The molecule has 2 rings (SSSR count). The SMILES string of the molecule is COc1ccc(S(=O)(=O)N[C@@H](C)C(=O)Nc2cccc(NC(N)=O)c2)cc1. The maximum absolute atomic E-state index is 12.4. The van der Waals surface area contributed by atoms with E-state index in [1.54, 1.807) is 18.2 Å². The van der Waals surface area contributed by atoms with Gasteiger partial charge in [-0.05, 0) is 49.4 Å². The summed E-state index contributed by atoms with van der Waals surface area (Å²) in [6.45, 7) is 1.42. The van der Waals surface area contributed by atoms with E-state index in [0.717, 1.165) is 0 Å². The van der Waals surface area contributed by atoms with E-state index in [9.17, 15) is 18.0 Å². The number of sulfonamides is 1. The molecule has 1 atom stereocenters. The zero-order valence-electron chi connectivity index (χ0n) is 14.7. The fraction of sp³-hybridized carbons (Fsp3) is 0.176. The largest absolute Gasteiger partial charge is 0.497 e. The third-order valence-corrected chi connectivity index (χ3v) is 5.05. The fourth-order valence-electron chi connectivity index (χ4n) is 2.18. The molecule has 9 nitrogen and oxygen atoms in total. The summed E-state index contributed by atoms with van der Waals surface area (Å²) in [6.07, 6.45) is 0. The molecule has 0 heterocycles. The molecule has 0 aromatic heterocycles. The molecule has 0 radical (unpaired) electrons. The normalized spacial score (nSPS) is 12.1. The molecule has 2 aromatic carbocycles. The number of hydrogen-bond acceptors (Lipinski definition) is 5. The number of benzene rings is 2. The Morgan fingerprint density at radius 1 is 1.04 bits per heavy atom. The Balaban J connectivity index is 2.05. The van der Waals surface area contributed by atoms with E-state index >= 15 is 0 Å². The average Bonchev–Trinajstić information content (AvgIpc) is 2.61. The number of methoxy groups -OCH3 is 1. The molecule has 0 saturated heterocycles. The van der Waals surface area contributed by atoms with Crippen molar-refractivity contribution >= 4 is 33.3 Å². The monoisotopic (exact) mass is 392 g/mol. The number of urea groups is 1. The zero-order valence-corrected chi connectivity index (χ0v) is 15.5. The Labute approximate surface area is 157 Å². The number of nitrogens with two attached hydrogens (primary N) is 1. The second kappa shape index (κ2) is 8.52. The molecule has 0 fully saturated rings. The molecule has 0 aliphatic carbocycles. The summed E-state index contributed by atoms with van der Waals surface area (Å²) in [5, 5.41) is 4.95. The summed E-state index contributed by atoms with van der Waals surface area (Å²) < 4.78 is 32.1. The number of amides is 3. The molecule has 0 aliphatic heterocycles. The van der Waals surface area contributed by atoms with Crippen LogP contribution in [0.5, 0.6) is 5.75 Å². The van der Waals surface area contributed by atoms with Crippen molar-refractivity contribution in [2.75, 3.05) is 17.7 Å². The van der Waals surface area contributed by atoms with E-state index < -0.39 is 28.0 Å². The molecule has 0 aliphatic rings. The topological polar surface area (TPSA) is 140 Å². The van der Waals surface area contributed by atoms with Crippen LogP contribution in [0.15, 0.2) is 53.4 Å². The number of carbonyl (C=O) groups is 2. The van der Waals surface area contributed by atoms with Crippen molar-refractivity contribution in [1.82, 2.24) is 4.72 Å². The molecule has 0 spiro atoms. The van der Waals surface area contributed by atoms with Gasteiger partial charge in [0, 0.05) is 11.4 Å². The van der Waals surface area contributed by atoms with Gasteiger partial charge in [-0.2, -0.15) is 4.72 Å². The smallest absolute Gasteiger partial charge is 0.316 e. The van der Waals surface area contributed by atoms with Crippen LogP contribution in [0.1, 0.15) is 6.92 Å². The molecule has 0 unspecified atom stereocenters. The summed E-state index contributed by atoms with van der Waals surface area (Å²) in [5.41, 5.74) is 5.82. The highest BCUT2D eigenvalue weighted by Gasteiger charge is 2.22. The van der Waals surface area contributed by atoms with Crippen LogP contribution >= 0.6 is 0 Å². The molecule has 27 heavy (non-hydrogen) atoms. The Morgan fingerprint density at radius 2 is 1.63 bits per heavy atom. The molecule has 3 amide bonds. The standard InChI is InChI=1S/C17H20N4O5S/c1-11(21-27(24,25)15-8-6-14(26-2)7-9-15)16(22)19-12-4-3-5-13(10-12)20-17(18)23/h3-11,21H,1-2H3,(H,19,22)(H3,18,20,23)/t11-/m0/s1. The first-order valence-corrected chi connectivity index (χ1v) is 9.33. The van der Waals surface area contributed by atoms with Gasteiger partial charge in [0.1, 0.15) is 5.75 Å². The molecule has 0 saturated carbocycles. The fourth-order valence-corrected chi connectivity index (χ4v) is 3.38. The number of hydrogen-bond donors (Lipinski definition) is 4. The number of primary amides is 1. The lowest BCUT2D eigenvalue weighted by Crippen LogP contribution is -2.41. The van der Waals surface area contributed by atoms with E-state index in [2.05, 4.69) is 15.4 Å². The minimum Gasteiger partial charge on any atom is -0.497 e. The highest BCUT2D eigenvalue weighted by Crippen LogP contribution is 2.17. The van der Waals surface area contributed by atoms with E-state index in [-0.39, 0.29) is 4.90 Å². The predicted octanol–water partition coefficient (Wildman–Crippen LogP) is 1.49. The number of nitrogens with one attached hydrogen (secondary N) is 3. The van der Waals surface area contributed by atoms with Crippen LogP contribution in [0.4, 0.5) is 16.2 Å². The molecule has 5 N–H and O–H groups in total. The lowest BCUT2D eigenvalue weighted by Gasteiger charge is -2.15. The highest BCUT2D eigenvalue weighted by molar-refractivity contribution is 7.89. The molecular formula is C17H20N4O5S. The Kier molecular flexibility index (Phi) is 6.37. The lowest BCUT2D eigenvalue weighted by molar-refractivity contribution is -0.117.